The molecule has 6 nitrogen and oxygen atoms in total. The lowest BCUT2D eigenvalue weighted by atomic mass is 10.1. The standard InChI is InChI=1S/C12H20N2O4/c1-12(2,3)18-11(16)14-6-7-5-8(14)9(13-7)10(15)17-4/h7-9,13H,5-6H2,1-4H3. The summed E-state index contributed by atoms with van der Waals surface area (Å²) in [5.74, 6) is -0.323. The Hall–Kier alpha value is -1.30. The zero-order valence-corrected chi connectivity index (χ0v) is 11.2. The molecule has 0 aromatic rings. The lowest BCUT2D eigenvalue weighted by Gasteiger charge is -2.33. The summed E-state index contributed by atoms with van der Waals surface area (Å²) in [4.78, 5) is 25.3. The van der Waals surface area contributed by atoms with E-state index in [1.807, 2.05) is 20.8 Å². The summed E-state index contributed by atoms with van der Waals surface area (Å²) in [5, 5.41) is 3.16. The number of nitrogens with zero attached hydrogens (tertiary/aromatic N) is 1. The minimum Gasteiger partial charge on any atom is -0.468 e. The van der Waals surface area contributed by atoms with Crippen LogP contribution in [0.4, 0.5) is 4.79 Å². The van der Waals surface area contributed by atoms with Crippen LogP contribution in [0.2, 0.25) is 0 Å². The molecular weight excluding hydrogens is 236 g/mol. The number of carbonyl (C=O) groups is 2. The molecule has 2 aliphatic rings. The summed E-state index contributed by atoms with van der Waals surface area (Å²) in [6, 6.07) is -0.426. The van der Waals surface area contributed by atoms with E-state index in [2.05, 4.69) is 5.32 Å². The Labute approximate surface area is 107 Å². The van der Waals surface area contributed by atoms with Crippen molar-refractivity contribution < 1.29 is 19.1 Å². The molecule has 2 rings (SSSR count). The maximum absolute atomic E-state index is 12.0. The first kappa shape index (κ1) is 13.1. The first-order valence-corrected chi connectivity index (χ1v) is 6.15. The van der Waals surface area contributed by atoms with Crippen LogP contribution in [0.15, 0.2) is 0 Å². The van der Waals surface area contributed by atoms with Gasteiger partial charge in [-0.25, -0.2) is 4.79 Å². The highest BCUT2D eigenvalue weighted by molar-refractivity contribution is 5.79. The molecule has 18 heavy (non-hydrogen) atoms. The first-order valence-electron chi connectivity index (χ1n) is 6.15. The molecule has 3 atom stereocenters. The third-order valence-electron chi connectivity index (χ3n) is 3.23. The van der Waals surface area contributed by atoms with Crippen molar-refractivity contribution in [2.24, 2.45) is 0 Å². The summed E-state index contributed by atoms with van der Waals surface area (Å²) < 4.78 is 10.1. The smallest absolute Gasteiger partial charge is 0.410 e. The fraction of sp³-hybridized carbons (Fsp3) is 0.833. The third-order valence-corrected chi connectivity index (χ3v) is 3.23. The molecule has 0 spiro atoms. The van der Waals surface area contributed by atoms with Gasteiger partial charge < -0.3 is 14.4 Å². The van der Waals surface area contributed by atoms with Gasteiger partial charge in [-0.2, -0.15) is 0 Å². The van der Waals surface area contributed by atoms with Crippen LogP contribution in [0, 0.1) is 0 Å². The lowest BCUT2D eigenvalue weighted by molar-refractivity contribution is -0.144. The molecule has 0 aliphatic carbocycles. The molecule has 1 amide bonds. The van der Waals surface area contributed by atoms with Crippen molar-refractivity contribution >= 4 is 12.1 Å². The highest BCUT2D eigenvalue weighted by Gasteiger charge is 2.51. The van der Waals surface area contributed by atoms with Crippen LogP contribution in [0.5, 0.6) is 0 Å². The number of hydrogen-bond acceptors (Lipinski definition) is 5. The van der Waals surface area contributed by atoms with Gasteiger partial charge in [-0.1, -0.05) is 0 Å². The minimum absolute atomic E-state index is 0.155. The van der Waals surface area contributed by atoms with Crippen LogP contribution in [-0.2, 0) is 14.3 Å². The average molecular weight is 256 g/mol. The first-order chi connectivity index (χ1) is 8.31. The molecule has 2 saturated heterocycles. The van der Waals surface area contributed by atoms with Crippen LogP contribution in [-0.4, -0.2) is 54.3 Å². The number of piperazine rings is 1. The van der Waals surface area contributed by atoms with Gasteiger partial charge in [-0.15, -0.1) is 0 Å². The molecule has 6 heteroatoms. The van der Waals surface area contributed by atoms with Crippen molar-refractivity contribution in [3.63, 3.8) is 0 Å². The predicted molar refractivity (Wildman–Crippen MR) is 64.1 cm³/mol. The molecule has 0 aromatic heterocycles. The summed E-state index contributed by atoms with van der Waals surface area (Å²) in [6.45, 7) is 6.08. The molecule has 0 saturated carbocycles. The van der Waals surface area contributed by atoms with E-state index < -0.39 is 11.6 Å². The molecule has 3 unspecified atom stereocenters. The van der Waals surface area contributed by atoms with E-state index in [4.69, 9.17) is 9.47 Å². The molecule has 1 N–H and O–H groups in total. The van der Waals surface area contributed by atoms with Gasteiger partial charge in [-0.05, 0) is 27.2 Å². The van der Waals surface area contributed by atoms with E-state index >= 15 is 0 Å². The van der Waals surface area contributed by atoms with Gasteiger partial charge in [0.25, 0.3) is 0 Å². The number of nitrogens with one attached hydrogen (secondary N) is 1. The van der Waals surface area contributed by atoms with Crippen molar-refractivity contribution in [1.29, 1.82) is 0 Å². The van der Waals surface area contributed by atoms with Gasteiger partial charge in [0.2, 0.25) is 0 Å². The molecule has 0 aromatic carbocycles. The number of methoxy groups -OCH3 is 1. The average Bonchev–Trinajstić information content (AvgIpc) is 2.84. The van der Waals surface area contributed by atoms with Gasteiger partial charge in [0.05, 0.1) is 13.2 Å². The van der Waals surface area contributed by atoms with Crippen molar-refractivity contribution in [2.75, 3.05) is 13.7 Å². The van der Waals surface area contributed by atoms with Gasteiger partial charge in [0.15, 0.2) is 0 Å². The van der Waals surface area contributed by atoms with Crippen LogP contribution < -0.4 is 5.32 Å². The number of rotatable bonds is 1. The van der Waals surface area contributed by atoms with Crippen molar-refractivity contribution in [1.82, 2.24) is 10.2 Å². The maximum Gasteiger partial charge on any atom is 0.410 e. The van der Waals surface area contributed by atoms with E-state index in [1.165, 1.54) is 7.11 Å². The lowest BCUT2D eigenvalue weighted by Crippen LogP contribution is -2.57. The second-order valence-electron chi connectivity index (χ2n) is 5.80. The molecule has 2 bridgehead atoms. The molecular formula is C12H20N2O4. The van der Waals surface area contributed by atoms with Gasteiger partial charge in [0, 0.05) is 12.6 Å². The van der Waals surface area contributed by atoms with Crippen molar-refractivity contribution in [2.45, 2.75) is 50.9 Å². The highest BCUT2D eigenvalue weighted by Crippen LogP contribution is 2.30. The Bertz CT molecular complexity index is 364. The van der Waals surface area contributed by atoms with E-state index in [-0.39, 0.29) is 24.1 Å². The molecule has 102 valence electrons. The predicted octanol–water partition coefficient (Wildman–Crippen LogP) is 0.509. The Morgan fingerprint density at radius 2 is 2.00 bits per heavy atom. The Morgan fingerprint density at radius 3 is 2.50 bits per heavy atom. The van der Waals surface area contributed by atoms with Crippen LogP contribution in [0.3, 0.4) is 0 Å². The second-order valence-corrected chi connectivity index (χ2v) is 5.80. The highest BCUT2D eigenvalue weighted by atomic mass is 16.6. The summed E-state index contributed by atoms with van der Waals surface area (Å²) >= 11 is 0. The van der Waals surface area contributed by atoms with E-state index in [9.17, 15) is 9.59 Å². The molecule has 2 aliphatic heterocycles. The van der Waals surface area contributed by atoms with Gasteiger partial charge >= 0.3 is 12.1 Å². The topological polar surface area (TPSA) is 67.9 Å². The Morgan fingerprint density at radius 1 is 1.33 bits per heavy atom. The number of carbonyl (C=O) groups excluding carboxylic acids is 2. The van der Waals surface area contributed by atoms with E-state index in [1.54, 1.807) is 4.90 Å². The molecule has 2 fully saturated rings. The SMILES string of the molecule is COC(=O)C1NC2CC1N(C(=O)OC(C)(C)C)C2. The zero-order valence-electron chi connectivity index (χ0n) is 11.2. The van der Waals surface area contributed by atoms with E-state index in [0.29, 0.717) is 6.54 Å². The monoisotopic (exact) mass is 256 g/mol. The molecule has 0 radical (unpaired) electrons. The number of esters is 1. The van der Waals surface area contributed by atoms with Crippen LogP contribution in [0.25, 0.3) is 0 Å². The fourth-order valence-corrected chi connectivity index (χ4v) is 2.55. The molecule has 2 heterocycles. The zero-order chi connectivity index (χ0) is 13.5. The van der Waals surface area contributed by atoms with Gasteiger partial charge in [0.1, 0.15) is 11.6 Å². The third kappa shape index (κ3) is 2.43. The number of amides is 1. The Balaban J connectivity index is 2.04. The fourth-order valence-electron chi connectivity index (χ4n) is 2.55. The number of hydrogen-bond donors (Lipinski definition) is 1. The maximum atomic E-state index is 12.0. The summed E-state index contributed by atoms with van der Waals surface area (Å²) in [5.41, 5.74) is -0.521. The summed E-state index contributed by atoms with van der Waals surface area (Å²) in [6.07, 6.45) is 0.421. The summed E-state index contributed by atoms with van der Waals surface area (Å²) in [7, 11) is 1.35. The van der Waals surface area contributed by atoms with Crippen LogP contribution >= 0.6 is 0 Å². The normalized spacial score (nSPS) is 30.4. The van der Waals surface area contributed by atoms with Crippen LogP contribution in [0.1, 0.15) is 27.2 Å². The quantitative estimate of drug-likeness (QED) is 0.692. The number of fused-ring (bicyclic) bond motifs is 2. The number of ether oxygens (including phenoxy) is 2. The van der Waals surface area contributed by atoms with Gasteiger partial charge in [-0.3, -0.25) is 10.1 Å². The van der Waals surface area contributed by atoms with E-state index in [0.717, 1.165) is 6.42 Å². The van der Waals surface area contributed by atoms with Crippen molar-refractivity contribution in [3.8, 4) is 0 Å². The number of likely N-dealkylation sites (tertiary alicyclic amines) is 1. The second kappa shape index (κ2) is 4.42. The Kier molecular flexibility index (Phi) is 3.23. The van der Waals surface area contributed by atoms with Crippen molar-refractivity contribution in [3.05, 3.63) is 0 Å². The largest absolute Gasteiger partial charge is 0.468 e. The minimum atomic E-state index is -0.521.